The predicted octanol–water partition coefficient (Wildman–Crippen LogP) is 3.15. The first-order valence-corrected chi connectivity index (χ1v) is 7.47. The van der Waals surface area contributed by atoms with Gasteiger partial charge in [0, 0.05) is 11.0 Å². The first-order chi connectivity index (χ1) is 10.3. The van der Waals surface area contributed by atoms with Crippen molar-refractivity contribution in [1.29, 1.82) is 0 Å². The van der Waals surface area contributed by atoms with Crippen LogP contribution in [0.2, 0.25) is 0 Å². The SMILES string of the molecule is COc1ccc2c(=O)n(CSc3ccccc3)cnc2c1. The third kappa shape index (κ3) is 2.92. The zero-order valence-corrected chi connectivity index (χ0v) is 12.3. The molecule has 21 heavy (non-hydrogen) atoms. The molecule has 0 N–H and O–H groups in total. The maximum Gasteiger partial charge on any atom is 0.261 e. The van der Waals surface area contributed by atoms with Gasteiger partial charge in [0.2, 0.25) is 0 Å². The number of benzene rings is 2. The number of nitrogens with zero attached hydrogens (tertiary/aromatic N) is 2. The molecular weight excluding hydrogens is 284 g/mol. The van der Waals surface area contributed by atoms with E-state index in [0.29, 0.717) is 22.5 Å². The summed E-state index contributed by atoms with van der Waals surface area (Å²) in [5.74, 6) is 1.24. The van der Waals surface area contributed by atoms with E-state index >= 15 is 0 Å². The van der Waals surface area contributed by atoms with Crippen LogP contribution in [0.1, 0.15) is 0 Å². The highest BCUT2D eigenvalue weighted by molar-refractivity contribution is 7.98. The molecule has 3 aromatic rings. The van der Waals surface area contributed by atoms with Crippen molar-refractivity contribution >= 4 is 22.7 Å². The van der Waals surface area contributed by atoms with Crippen LogP contribution >= 0.6 is 11.8 Å². The van der Waals surface area contributed by atoms with Gasteiger partial charge >= 0.3 is 0 Å². The Bertz CT molecular complexity index is 815. The molecule has 0 spiro atoms. The summed E-state index contributed by atoms with van der Waals surface area (Å²) >= 11 is 1.60. The molecule has 0 fully saturated rings. The van der Waals surface area contributed by atoms with E-state index in [2.05, 4.69) is 4.98 Å². The minimum atomic E-state index is -0.0360. The fourth-order valence-electron chi connectivity index (χ4n) is 2.02. The van der Waals surface area contributed by atoms with Gasteiger partial charge in [-0.1, -0.05) is 18.2 Å². The molecular formula is C16H14N2O2S. The lowest BCUT2D eigenvalue weighted by Crippen LogP contribution is -2.19. The Hall–Kier alpha value is -2.27. The molecule has 106 valence electrons. The van der Waals surface area contributed by atoms with Crippen LogP contribution in [-0.2, 0) is 5.88 Å². The minimum absolute atomic E-state index is 0.0360. The molecule has 0 amide bonds. The van der Waals surface area contributed by atoms with Crippen LogP contribution in [0.4, 0.5) is 0 Å². The molecule has 2 aromatic carbocycles. The summed E-state index contributed by atoms with van der Waals surface area (Å²) in [6, 6.07) is 15.3. The number of rotatable bonds is 4. The quantitative estimate of drug-likeness (QED) is 0.694. The van der Waals surface area contributed by atoms with Gasteiger partial charge in [-0.15, -0.1) is 11.8 Å². The summed E-state index contributed by atoms with van der Waals surface area (Å²) in [7, 11) is 1.60. The van der Waals surface area contributed by atoms with Gasteiger partial charge in [-0.05, 0) is 24.3 Å². The molecule has 0 aliphatic carbocycles. The van der Waals surface area contributed by atoms with Crippen molar-refractivity contribution in [3.05, 3.63) is 65.2 Å². The van der Waals surface area contributed by atoms with Crippen molar-refractivity contribution in [3.8, 4) is 5.75 Å². The van der Waals surface area contributed by atoms with E-state index in [4.69, 9.17) is 4.74 Å². The van der Waals surface area contributed by atoms with E-state index in [1.54, 1.807) is 48.0 Å². The van der Waals surface area contributed by atoms with Gasteiger partial charge in [0.25, 0.3) is 5.56 Å². The highest BCUT2D eigenvalue weighted by Crippen LogP contribution is 2.19. The molecule has 0 aliphatic rings. The van der Waals surface area contributed by atoms with Crippen LogP contribution in [0.5, 0.6) is 5.75 Å². The van der Waals surface area contributed by atoms with E-state index in [1.807, 2.05) is 30.3 Å². The molecule has 0 atom stereocenters. The average Bonchev–Trinajstić information content (AvgIpc) is 2.55. The van der Waals surface area contributed by atoms with Crippen LogP contribution in [0, 0.1) is 0 Å². The Morgan fingerprint density at radius 3 is 2.76 bits per heavy atom. The zero-order chi connectivity index (χ0) is 14.7. The van der Waals surface area contributed by atoms with Crippen molar-refractivity contribution in [2.75, 3.05) is 7.11 Å². The lowest BCUT2D eigenvalue weighted by molar-refractivity contribution is 0.415. The smallest absolute Gasteiger partial charge is 0.261 e. The van der Waals surface area contributed by atoms with E-state index in [0.717, 1.165) is 4.90 Å². The fraction of sp³-hybridized carbons (Fsp3) is 0.125. The van der Waals surface area contributed by atoms with Crippen molar-refractivity contribution in [3.63, 3.8) is 0 Å². The molecule has 0 saturated carbocycles. The van der Waals surface area contributed by atoms with Gasteiger partial charge in [-0.25, -0.2) is 4.98 Å². The molecule has 0 saturated heterocycles. The monoisotopic (exact) mass is 298 g/mol. The van der Waals surface area contributed by atoms with E-state index < -0.39 is 0 Å². The van der Waals surface area contributed by atoms with Gasteiger partial charge in [0.1, 0.15) is 5.75 Å². The second kappa shape index (κ2) is 6.01. The molecule has 4 nitrogen and oxygen atoms in total. The van der Waals surface area contributed by atoms with Crippen molar-refractivity contribution < 1.29 is 4.74 Å². The van der Waals surface area contributed by atoms with E-state index in [-0.39, 0.29) is 5.56 Å². The Morgan fingerprint density at radius 1 is 1.19 bits per heavy atom. The molecule has 0 aliphatic heterocycles. The number of aromatic nitrogens is 2. The highest BCUT2D eigenvalue weighted by atomic mass is 32.2. The van der Waals surface area contributed by atoms with Gasteiger partial charge in [0.05, 0.1) is 30.2 Å². The summed E-state index contributed by atoms with van der Waals surface area (Å²) in [6.45, 7) is 0. The summed E-state index contributed by atoms with van der Waals surface area (Å²) in [4.78, 5) is 17.9. The van der Waals surface area contributed by atoms with Gasteiger partial charge in [0.15, 0.2) is 0 Å². The zero-order valence-electron chi connectivity index (χ0n) is 11.5. The summed E-state index contributed by atoms with van der Waals surface area (Å²) < 4.78 is 6.76. The molecule has 0 bridgehead atoms. The van der Waals surface area contributed by atoms with Crippen LogP contribution in [0.3, 0.4) is 0 Å². The maximum atomic E-state index is 12.4. The Balaban J connectivity index is 1.90. The number of fused-ring (bicyclic) bond motifs is 1. The highest BCUT2D eigenvalue weighted by Gasteiger charge is 2.05. The topological polar surface area (TPSA) is 44.1 Å². The second-order valence-corrected chi connectivity index (χ2v) is 5.51. The average molecular weight is 298 g/mol. The fourth-order valence-corrected chi connectivity index (χ4v) is 2.84. The van der Waals surface area contributed by atoms with Crippen LogP contribution in [-0.4, -0.2) is 16.7 Å². The number of hydrogen-bond donors (Lipinski definition) is 0. The van der Waals surface area contributed by atoms with Crippen LogP contribution in [0.15, 0.2) is 64.5 Å². The van der Waals surface area contributed by atoms with Crippen LogP contribution in [0.25, 0.3) is 10.9 Å². The van der Waals surface area contributed by atoms with Gasteiger partial charge in [-0.2, -0.15) is 0 Å². The Kier molecular flexibility index (Phi) is 3.92. The molecule has 3 rings (SSSR count). The minimum Gasteiger partial charge on any atom is -0.497 e. The summed E-state index contributed by atoms with van der Waals surface area (Å²) in [5.41, 5.74) is 0.617. The number of methoxy groups -OCH3 is 1. The third-order valence-corrected chi connectivity index (χ3v) is 4.16. The number of ether oxygens (including phenoxy) is 1. The molecule has 0 unspecified atom stereocenters. The maximum absolute atomic E-state index is 12.4. The van der Waals surface area contributed by atoms with Crippen molar-refractivity contribution in [1.82, 2.24) is 9.55 Å². The summed E-state index contributed by atoms with van der Waals surface area (Å²) in [6.07, 6.45) is 1.58. The Labute approximate surface area is 126 Å². The normalized spacial score (nSPS) is 10.7. The van der Waals surface area contributed by atoms with Crippen LogP contribution < -0.4 is 10.3 Å². The largest absolute Gasteiger partial charge is 0.497 e. The van der Waals surface area contributed by atoms with E-state index in [1.165, 1.54) is 0 Å². The van der Waals surface area contributed by atoms with Crippen molar-refractivity contribution in [2.24, 2.45) is 0 Å². The van der Waals surface area contributed by atoms with Crippen molar-refractivity contribution in [2.45, 2.75) is 10.8 Å². The lowest BCUT2D eigenvalue weighted by Gasteiger charge is -2.07. The van der Waals surface area contributed by atoms with Gasteiger partial charge in [-0.3, -0.25) is 9.36 Å². The van der Waals surface area contributed by atoms with Gasteiger partial charge < -0.3 is 4.74 Å². The number of thioether (sulfide) groups is 1. The summed E-state index contributed by atoms with van der Waals surface area (Å²) in [5, 5.41) is 0.604. The Morgan fingerprint density at radius 2 is 2.00 bits per heavy atom. The standard InChI is InChI=1S/C16H14N2O2S/c1-20-12-7-8-14-15(9-12)17-10-18(16(14)19)11-21-13-5-3-2-4-6-13/h2-10H,11H2,1H3. The third-order valence-electron chi connectivity index (χ3n) is 3.15. The molecule has 5 heteroatoms. The molecule has 1 aromatic heterocycles. The molecule has 0 radical (unpaired) electrons. The predicted molar refractivity (Wildman–Crippen MR) is 84.9 cm³/mol. The first-order valence-electron chi connectivity index (χ1n) is 6.49. The molecule has 1 heterocycles. The number of hydrogen-bond acceptors (Lipinski definition) is 4. The van der Waals surface area contributed by atoms with E-state index in [9.17, 15) is 4.79 Å². The lowest BCUT2D eigenvalue weighted by atomic mass is 10.2. The second-order valence-electron chi connectivity index (χ2n) is 4.49. The first kappa shape index (κ1) is 13.7.